The van der Waals surface area contributed by atoms with Gasteiger partial charge in [-0.05, 0) is 35.4 Å². The van der Waals surface area contributed by atoms with E-state index in [4.69, 9.17) is 5.73 Å². The number of nitrogens with two attached hydrogens (primary N) is 1. The van der Waals surface area contributed by atoms with Gasteiger partial charge in [0.1, 0.15) is 0 Å². The lowest BCUT2D eigenvalue weighted by Crippen LogP contribution is -2.35. The van der Waals surface area contributed by atoms with Crippen LogP contribution in [0.1, 0.15) is 24.2 Å². The Labute approximate surface area is 118 Å². The quantitative estimate of drug-likeness (QED) is 0.865. The van der Waals surface area contributed by atoms with Crippen molar-refractivity contribution in [2.45, 2.75) is 32.0 Å². The van der Waals surface area contributed by atoms with Gasteiger partial charge in [0.05, 0.1) is 13.1 Å². The van der Waals surface area contributed by atoms with Gasteiger partial charge in [-0.25, -0.2) is 4.68 Å². The number of nitrogens with zero attached hydrogens (tertiary/aromatic N) is 5. The predicted molar refractivity (Wildman–Crippen MR) is 75.8 cm³/mol. The van der Waals surface area contributed by atoms with Crippen LogP contribution in [0.4, 0.5) is 0 Å². The summed E-state index contributed by atoms with van der Waals surface area (Å²) in [6.45, 7) is 3.28. The average Bonchev–Trinajstić information content (AvgIpc) is 3.10. The zero-order valence-electron chi connectivity index (χ0n) is 11.5. The molecule has 2 aromatic rings. The molecule has 1 fully saturated rings. The minimum absolute atomic E-state index is 0.469. The molecular weight excluding hydrogens is 252 g/mol. The van der Waals surface area contributed by atoms with Crippen molar-refractivity contribution in [3.05, 3.63) is 41.7 Å². The van der Waals surface area contributed by atoms with Gasteiger partial charge in [-0.2, -0.15) is 0 Å². The van der Waals surface area contributed by atoms with Crippen molar-refractivity contribution in [3.8, 4) is 0 Å². The lowest BCUT2D eigenvalue weighted by atomic mass is 10.2. The zero-order valence-corrected chi connectivity index (χ0v) is 11.5. The maximum absolute atomic E-state index is 5.81. The minimum atomic E-state index is 0.469. The van der Waals surface area contributed by atoms with Gasteiger partial charge in [0.25, 0.3) is 0 Å². The van der Waals surface area contributed by atoms with Crippen molar-refractivity contribution in [2.24, 2.45) is 5.73 Å². The van der Waals surface area contributed by atoms with Crippen molar-refractivity contribution in [1.29, 1.82) is 0 Å². The van der Waals surface area contributed by atoms with Gasteiger partial charge in [0, 0.05) is 12.6 Å². The molecular formula is C14H20N6. The van der Waals surface area contributed by atoms with Gasteiger partial charge in [-0.1, -0.05) is 30.3 Å². The van der Waals surface area contributed by atoms with E-state index in [9.17, 15) is 0 Å². The van der Waals surface area contributed by atoms with Crippen LogP contribution in [0.15, 0.2) is 30.3 Å². The van der Waals surface area contributed by atoms with E-state index in [0.29, 0.717) is 19.1 Å². The lowest BCUT2D eigenvalue weighted by molar-refractivity contribution is 0.240. The number of benzene rings is 1. The Morgan fingerprint density at radius 2 is 2.05 bits per heavy atom. The molecule has 0 saturated carbocycles. The van der Waals surface area contributed by atoms with E-state index in [1.54, 1.807) is 0 Å². The summed E-state index contributed by atoms with van der Waals surface area (Å²) in [4.78, 5) is 2.38. The van der Waals surface area contributed by atoms with Crippen LogP contribution in [-0.2, 0) is 13.1 Å². The fraction of sp³-hybridized carbons (Fsp3) is 0.500. The Balaban J connectivity index is 1.70. The highest BCUT2D eigenvalue weighted by Crippen LogP contribution is 2.18. The van der Waals surface area contributed by atoms with Gasteiger partial charge in [0.2, 0.25) is 0 Å². The van der Waals surface area contributed by atoms with Crippen LogP contribution in [0, 0.1) is 0 Å². The number of likely N-dealkylation sites (tertiary alicyclic amines) is 1. The van der Waals surface area contributed by atoms with Crippen molar-refractivity contribution in [2.75, 3.05) is 13.1 Å². The zero-order chi connectivity index (χ0) is 13.8. The summed E-state index contributed by atoms with van der Waals surface area (Å²) in [5, 5.41) is 12.1. The summed E-state index contributed by atoms with van der Waals surface area (Å²) >= 11 is 0. The van der Waals surface area contributed by atoms with Crippen LogP contribution in [0.3, 0.4) is 0 Å². The fourth-order valence-electron chi connectivity index (χ4n) is 2.77. The summed E-state index contributed by atoms with van der Waals surface area (Å²) in [6.07, 6.45) is 2.39. The highest BCUT2D eigenvalue weighted by molar-refractivity contribution is 5.14. The maximum atomic E-state index is 5.81. The molecule has 0 spiro atoms. The van der Waals surface area contributed by atoms with Gasteiger partial charge in [0.15, 0.2) is 5.82 Å². The van der Waals surface area contributed by atoms with E-state index in [0.717, 1.165) is 18.9 Å². The van der Waals surface area contributed by atoms with E-state index in [2.05, 4.69) is 32.6 Å². The van der Waals surface area contributed by atoms with Crippen LogP contribution in [0.5, 0.6) is 0 Å². The Morgan fingerprint density at radius 1 is 1.20 bits per heavy atom. The molecule has 0 radical (unpaired) electrons. The first-order chi connectivity index (χ1) is 9.86. The Bertz CT molecular complexity index is 538. The van der Waals surface area contributed by atoms with E-state index in [1.807, 2.05) is 22.9 Å². The summed E-state index contributed by atoms with van der Waals surface area (Å²) in [6, 6.07) is 10.7. The summed E-state index contributed by atoms with van der Waals surface area (Å²) in [5.41, 5.74) is 7.02. The number of aromatic nitrogens is 4. The molecule has 1 aromatic heterocycles. The van der Waals surface area contributed by atoms with Crippen LogP contribution < -0.4 is 5.73 Å². The Kier molecular flexibility index (Phi) is 4.03. The lowest BCUT2D eigenvalue weighted by Gasteiger charge is -2.22. The van der Waals surface area contributed by atoms with Crippen molar-refractivity contribution >= 4 is 0 Å². The molecule has 1 saturated heterocycles. The van der Waals surface area contributed by atoms with E-state index in [-0.39, 0.29) is 0 Å². The number of hydrogen-bond donors (Lipinski definition) is 1. The van der Waals surface area contributed by atoms with E-state index >= 15 is 0 Å². The van der Waals surface area contributed by atoms with Gasteiger partial charge in [-0.15, -0.1) is 5.10 Å². The predicted octanol–water partition coefficient (Wildman–Crippen LogP) is 0.644. The Morgan fingerprint density at radius 3 is 2.85 bits per heavy atom. The molecule has 1 atom stereocenters. The van der Waals surface area contributed by atoms with Crippen LogP contribution in [0.2, 0.25) is 0 Å². The summed E-state index contributed by atoms with van der Waals surface area (Å²) in [5.74, 6) is 0.911. The molecule has 6 nitrogen and oxygen atoms in total. The first kappa shape index (κ1) is 13.2. The second-order valence-corrected chi connectivity index (χ2v) is 5.24. The third-order valence-corrected chi connectivity index (χ3v) is 3.90. The van der Waals surface area contributed by atoms with Crippen LogP contribution >= 0.6 is 0 Å². The van der Waals surface area contributed by atoms with Crippen LogP contribution in [-0.4, -0.2) is 44.2 Å². The maximum Gasteiger partial charge on any atom is 0.165 e. The van der Waals surface area contributed by atoms with E-state index in [1.165, 1.54) is 18.4 Å². The SMILES string of the molecule is NCC1CCCN1Cc1nnnn1Cc1ccccc1. The molecule has 0 bridgehead atoms. The molecule has 1 aliphatic rings. The molecule has 2 heterocycles. The number of tetrazole rings is 1. The normalized spacial score (nSPS) is 19.6. The highest BCUT2D eigenvalue weighted by atomic mass is 15.5. The molecule has 2 N–H and O–H groups in total. The molecule has 0 amide bonds. The number of hydrogen-bond acceptors (Lipinski definition) is 5. The smallest absolute Gasteiger partial charge is 0.165 e. The van der Waals surface area contributed by atoms with Crippen molar-refractivity contribution in [3.63, 3.8) is 0 Å². The first-order valence-electron chi connectivity index (χ1n) is 7.10. The van der Waals surface area contributed by atoms with Gasteiger partial charge >= 0.3 is 0 Å². The van der Waals surface area contributed by atoms with E-state index < -0.39 is 0 Å². The third kappa shape index (κ3) is 2.86. The second kappa shape index (κ2) is 6.11. The largest absolute Gasteiger partial charge is 0.329 e. The molecule has 1 unspecified atom stereocenters. The molecule has 3 rings (SSSR count). The van der Waals surface area contributed by atoms with Gasteiger partial charge < -0.3 is 5.73 Å². The monoisotopic (exact) mass is 272 g/mol. The molecule has 106 valence electrons. The van der Waals surface area contributed by atoms with Crippen molar-refractivity contribution < 1.29 is 0 Å². The molecule has 6 heteroatoms. The average molecular weight is 272 g/mol. The first-order valence-corrected chi connectivity index (χ1v) is 7.10. The topological polar surface area (TPSA) is 72.9 Å². The summed E-state index contributed by atoms with van der Waals surface area (Å²) in [7, 11) is 0. The minimum Gasteiger partial charge on any atom is -0.329 e. The van der Waals surface area contributed by atoms with Crippen LogP contribution in [0.25, 0.3) is 0 Å². The number of rotatable bonds is 5. The molecule has 0 aliphatic carbocycles. The standard InChI is InChI=1S/C14H20N6/c15-9-13-7-4-8-19(13)11-14-16-17-18-20(14)10-12-5-2-1-3-6-12/h1-3,5-6,13H,4,7-11,15H2. The van der Waals surface area contributed by atoms with Crippen molar-refractivity contribution in [1.82, 2.24) is 25.1 Å². The molecule has 1 aromatic carbocycles. The third-order valence-electron chi connectivity index (χ3n) is 3.90. The van der Waals surface area contributed by atoms with Gasteiger partial charge in [-0.3, -0.25) is 4.90 Å². The Hall–Kier alpha value is -1.79. The molecule has 20 heavy (non-hydrogen) atoms. The summed E-state index contributed by atoms with van der Waals surface area (Å²) < 4.78 is 1.88. The fourth-order valence-corrected chi connectivity index (χ4v) is 2.77. The molecule has 1 aliphatic heterocycles. The second-order valence-electron chi connectivity index (χ2n) is 5.24. The highest BCUT2D eigenvalue weighted by Gasteiger charge is 2.24.